The minimum atomic E-state index is -4.85. The Balaban J connectivity index is 1.67. The summed E-state index contributed by atoms with van der Waals surface area (Å²) in [7, 11) is 0. The Morgan fingerprint density at radius 2 is 1.87 bits per heavy atom. The number of amides is 1. The number of hydrogen-bond acceptors (Lipinski definition) is 9. The molecule has 6 rings (SSSR count). The number of halogens is 4. The van der Waals surface area contributed by atoms with Crippen LogP contribution in [-0.4, -0.2) is 68.5 Å². The van der Waals surface area contributed by atoms with Crippen molar-refractivity contribution < 1.29 is 27.1 Å². The third-order valence-corrected chi connectivity index (χ3v) is 10.3. The van der Waals surface area contributed by atoms with Gasteiger partial charge < -0.3 is 20.3 Å². The minimum Gasteiger partial charge on any atom is -0.375 e. The van der Waals surface area contributed by atoms with Crippen molar-refractivity contribution in [2.45, 2.75) is 69.6 Å². The number of nitrogens with zero attached hydrogens (tertiary/aromatic N) is 5. The Kier molecular flexibility index (Phi) is 8.30. The van der Waals surface area contributed by atoms with Gasteiger partial charge in [0.05, 0.1) is 40.0 Å². The monoisotopic (exact) mass is 676 g/mol. The van der Waals surface area contributed by atoms with Crippen LogP contribution >= 0.6 is 23.1 Å². The van der Waals surface area contributed by atoms with Crippen molar-refractivity contribution in [3.63, 3.8) is 0 Å². The molecule has 4 heterocycles. The van der Waals surface area contributed by atoms with Crippen LogP contribution in [0.25, 0.3) is 32.2 Å². The van der Waals surface area contributed by atoms with E-state index in [4.69, 9.17) is 10.5 Å². The van der Waals surface area contributed by atoms with Gasteiger partial charge in [-0.3, -0.25) is 9.36 Å². The number of thioether (sulfide) groups is 1. The number of nitrogens with two attached hydrogens (primary N) is 1. The van der Waals surface area contributed by atoms with Crippen LogP contribution in [0.2, 0.25) is 0 Å². The van der Waals surface area contributed by atoms with Gasteiger partial charge in [0, 0.05) is 52.3 Å². The van der Waals surface area contributed by atoms with Crippen molar-refractivity contribution in [1.82, 2.24) is 19.4 Å². The van der Waals surface area contributed by atoms with Gasteiger partial charge in [-0.15, -0.1) is 11.8 Å². The number of anilines is 2. The highest BCUT2D eigenvalue weighted by atomic mass is 32.2. The predicted molar refractivity (Wildman–Crippen MR) is 173 cm³/mol. The smallest absolute Gasteiger partial charge is 0.375 e. The molecule has 0 radical (unpaired) electrons. The summed E-state index contributed by atoms with van der Waals surface area (Å²) in [5.74, 6) is -0.555. The molecule has 9 nitrogen and oxygen atoms in total. The molecule has 15 heteroatoms. The van der Waals surface area contributed by atoms with Crippen molar-refractivity contribution in [2.24, 2.45) is 0 Å². The molecule has 4 aromatic rings. The van der Waals surface area contributed by atoms with Gasteiger partial charge in [-0.1, -0.05) is 17.9 Å². The average Bonchev–Trinajstić information content (AvgIpc) is 3.27. The Morgan fingerprint density at radius 3 is 2.50 bits per heavy atom. The molecule has 0 bridgehead atoms. The highest BCUT2D eigenvalue weighted by molar-refractivity contribution is 7.99. The molecule has 3 atom stereocenters. The minimum absolute atomic E-state index is 0.0114. The molecule has 2 aromatic carbocycles. The van der Waals surface area contributed by atoms with E-state index in [-0.39, 0.29) is 97.6 Å². The molecule has 0 spiro atoms. The van der Waals surface area contributed by atoms with Gasteiger partial charge in [-0.25, -0.2) is 14.2 Å². The van der Waals surface area contributed by atoms with Gasteiger partial charge in [0.2, 0.25) is 5.91 Å². The standard InChI is InChI=1S/C31H32F4N6O3S2/c1-6-22(42)41-15(4)10-39(11-16(41)5)28-19-9-20(31(33,34)35)23(18-7-8-21(32)26-24(18)37-29(36)46-26)27-25(19)40(30(43)38-28)12-17(13-45-27)44-14(2)3/h6-9,14-17H,1,10-13H2,2-5H3,(H2,36,37)/t15-,16?,17?/m0/s1. The topological polar surface area (TPSA) is 107 Å². The Bertz CT molecular complexity index is 1930. The molecule has 2 aliphatic rings. The van der Waals surface area contributed by atoms with Crippen LogP contribution in [0.1, 0.15) is 33.3 Å². The number of hydrogen-bond donors (Lipinski definition) is 1. The number of carbonyl (C=O) groups excluding carboxylic acids is 1. The lowest BCUT2D eigenvalue weighted by atomic mass is 9.95. The summed E-state index contributed by atoms with van der Waals surface area (Å²) in [4.78, 5) is 38.6. The van der Waals surface area contributed by atoms with Gasteiger partial charge in [0.25, 0.3) is 0 Å². The highest BCUT2D eigenvalue weighted by Crippen LogP contribution is 2.50. The molecular weight excluding hydrogens is 645 g/mol. The number of carbonyl (C=O) groups is 1. The number of benzene rings is 2. The van der Waals surface area contributed by atoms with Crippen LogP contribution < -0.4 is 16.3 Å². The van der Waals surface area contributed by atoms with Gasteiger partial charge in [-0.05, 0) is 52.0 Å². The van der Waals surface area contributed by atoms with Gasteiger partial charge in [-0.2, -0.15) is 18.2 Å². The number of alkyl halides is 3. The number of nitrogen functional groups attached to an aromatic ring is 1. The van der Waals surface area contributed by atoms with E-state index >= 15 is 13.2 Å². The highest BCUT2D eigenvalue weighted by Gasteiger charge is 2.40. The summed E-state index contributed by atoms with van der Waals surface area (Å²) in [6, 6.07) is 2.73. The lowest BCUT2D eigenvalue weighted by molar-refractivity contribution is -0.137. The number of fused-ring (bicyclic) bond motifs is 1. The fourth-order valence-corrected chi connectivity index (χ4v) is 8.59. The summed E-state index contributed by atoms with van der Waals surface area (Å²) in [6.45, 7) is 11.5. The molecule has 1 fully saturated rings. The molecular formula is C31H32F4N6O3S2. The molecule has 0 aliphatic carbocycles. The van der Waals surface area contributed by atoms with Crippen LogP contribution in [0.5, 0.6) is 0 Å². The van der Waals surface area contributed by atoms with E-state index in [0.717, 1.165) is 35.2 Å². The van der Waals surface area contributed by atoms with Crippen molar-refractivity contribution in [2.75, 3.05) is 29.5 Å². The van der Waals surface area contributed by atoms with E-state index in [1.807, 2.05) is 27.7 Å². The SMILES string of the molecule is C=CC(=O)N1C(C)CN(c2nc(=O)n3c4c(c(-c5ccc(F)c6sc(N)nc56)c(C(F)(F)F)cc24)SCC(OC(C)C)C3)C[C@@H]1C. The zero-order valence-electron chi connectivity index (χ0n) is 25.5. The summed E-state index contributed by atoms with van der Waals surface area (Å²) >= 11 is 2.00. The quantitative estimate of drug-likeness (QED) is 0.205. The first-order chi connectivity index (χ1) is 21.7. The number of aromatic nitrogens is 3. The van der Waals surface area contributed by atoms with E-state index in [0.29, 0.717) is 0 Å². The first-order valence-corrected chi connectivity index (χ1v) is 16.5. The van der Waals surface area contributed by atoms with Crippen LogP contribution in [0.3, 0.4) is 0 Å². The lowest BCUT2D eigenvalue weighted by Crippen LogP contribution is -2.58. The van der Waals surface area contributed by atoms with Crippen molar-refractivity contribution in [3.05, 3.63) is 52.7 Å². The van der Waals surface area contributed by atoms with Crippen molar-refractivity contribution in [1.29, 1.82) is 0 Å². The molecule has 2 aliphatic heterocycles. The Labute approximate surface area is 270 Å². The third-order valence-electron chi connectivity index (χ3n) is 8.20. The number of ether oxygens (including phenoxy) is 1. The van der Waals surface area contributed by atoms with Crippen LogP contribution in [0.15, 0.2) is 40.5 Å². The maximum atomic E-state index is 15.2. The molecule has 1 saturated heterocycles. The normalized spacial score (nSPS) is 20.5. The summed E-state index contributed by atoms with van der Waals surface area (Å²) in [6.07, 6.45) is -4.34. The zero-order chi connectivity index (χ0) is 33.2. The van der Waals surface area contributed by atoms with E-state index < -0.39 is 29.4 Å². The predicted octanol–water partition coefficient (Wildman–Crippen LogP) is 5.92. The van der Waals surface area contributed by atoms with Gasteiger partial charge in [0.1, 0.15) is 11.6 Å². The molecule has 2 aromatic heterocycles. The maximum Gasteiger partial charge on any atom is 0.417 e. The van der Waals surface area contributed by atoms with Crippen LogP contribution in [0.4, 0.5) is 28.5 Å². The van der Waals surface area contributed by atoms with E-state index in [9.17, 15) is 14.0 Å². The molecule has 2 unspecified atom stereocenters. The first-order valence-electron chi connectivity index (χ1n) is 14.7. The van der Waals surface area contributed by atoms with Crippen molar-refractivity contribution >= 4 is 61.1 Å². The maximum absolute atomic E-state index is 15.2. The number of rotatable bonds is 5. The summed E-state index contributed by atoms with van der Waals surface area (Å²) in [5, 5.41) is 0.155. The molecule has 0 saturated carbocycles. The van der Waals surface area contributed by atoms with Gasteiger partial charge in [0.15, 0.2) is 5.13 Å². The van der Waals surface area contributed by atoms with Gasteiger partial charge >= 0.3 is 11.9 Å². The molecule has 1 amide bonds. The Hall–Kier alpha value is -3.69. The van der Waals surface area contributed by atoms with E-state index in [1.165, 1.54) is 16.7 Å². The fraction of sp³-hybridized carbons (Fsp3) is 0.419. The molecule has 244 valence electrons. The zero-order valence-corrected chi connectivity index (χ0v) is 27.2. The summed E-state index contributed by atoms with van der Waals surface area (Å²) < 4.78 is 67.9. The second kappa shape index (κ2) is 11.8. The first kappa shape index (κ1) is 32.3. The summed E-state index contributed by atoms with van der Waals surface area (Å²) in [5.41, 5.74) is 4.43. The molecule has 2 N–H and O–H groups in total. The number of thiazole rings is 1. The average molecular weight is 677 g/mol. The van der Waals surface area contributed by atoms with Crippen LogP contribution in [-0.2, 0) is 22.3 Å². The number of piperazine rings is 1. The van der Waals surface area contributed by atoms with Crippen LogP contribution in [0, 0.1) is 5.82 Å². The fourth-order valence-electron chi connectivity index (χ4n) is 6.56. The van der Waals surface area contributed by atoms with E-state index in [2.05, 4.69) is 16.5 Å². The molecule has 46 heavy (non-hydrogen) atoms. The van der Waals surface area contributed by atoms with Crippen molar-refractivity contribution in [3.8, 4) is 11.1 Å². The largest absolute Gasteiger partial charge is 0.417 e. The second-order valence-electron chi connectivity index (χ2n) is 11.8. The lowest BCUT2D eigenvalue weighted by Gasteiger charge is -2.44. The Morgan fingerprint density at radius 1 is 1.17 bits per heavy atom. The third kappa shape index (κ3) is 5.51. The second-order valence-corrected chi connectivity index (χ2v) is 13.9. The van der Waals surface area contributed by atoms with E-state index in [1.54, 1.807) is 9.80 Å².